The molecule has 1 heterocycles. The molecule has 0 aliphatic carbocycles. The van der Waals surface area contributed by atoms with Crippen LogP contribution in [0.4, 0.5) is 0 Å². The van der Waals surface area contributed by atoms with Crippen molar-refractivity contribution in [1.29, 1.82) is 0 Å². The quantitative estimate of drug-likeness (QED) is 0.184. The molecule has 0 bridgehead atoms. The van der Waals surface area contributed by atoms with E-state index in [-0.39, 0.29) is 6.04 Å². The van der Waals surface area contributed by atoms with Crippen molar-refractivity contribution in [2.24, 2.45) is 0 Å². The van der Waals surface area contributed by atoms with Crippen molar-refractivity contribution in [3.63, 3.8) is 0 Å². The van der Waals surface area contributed by atoms with Crippen LogP contribution in [0.1, 0.15) is 77.6 Å². The van der Waals surface area contributed by atoms with Gasteiger partial charge in [0.1, 0.15) is 0 Å². The molecule has 5 nitrogen and oxygen atoms in total. The zero-order chi connectivity index (χ0) is 23.3. The van der Waals surface area contributed by atoms with Gasteiger partial charge in [0, 0.05) is 39.3 Å². The Bertz CT molecular complexity index is 431. The Hall–Kier alpha value is -0.720. The number of hydrogen-bond donors (Lipinski definition) is 1. The molecule has 1 aliphatic rings. The van der Waals surface area contributed by atoms with Gasteiger partial charge >= 0.3 is 0 Å². The molecular formula is C27H52N2O3. The maximum atomic E-state index is 10.9. The molecule has 0 aromatic heterocycles. The second-order valence-corrected chi connectivity index (χ2v) is 9.19. The molecule has 0 spiro atoms. The number of rotatable bonds is 22. The highest BCUT2D eigenvalue weighted by atomic mass is 16.5. The van der Waals surface area contributed by atoms with E-state index in [9.17, 15) is 5.11 Å². The van der Waals surface area contributed by atoms with E-state index < -0.39 is 6.10 Å². The van der Waals surface area contributed by atoms with Gasteiger partial charge in [-0.05, 0) is 6.42 Å². The summed E-state index contributed by atoms with van der Waals surface area (Å²) in [5.41, 5.74) is 0. The topological polar surface area (TPSA) is 45.2 Å². The number of ether oxygens (including phenoxy) is 2. The minimum atomic E-state index is -0.523. The molecule has 0 aromatic carbocycles. The Morgan fingerprint density at radius 3 is 1.97 bits per heavy atom. The van der Waals surface area contributed by atoms with E-state index in [1.54, 1.807) is 0 Å². The van der Waals surface area contributed by atoms with Crippen molar-refractivity contribution in [3.05, 3.63) is 25.3 Å². The van der Waals surface area contributed by atoms with Gasteiger partial charge in [-0.25, -0.2) is 0 Å². The van der Waals surface area contributed by atoms with Crippen LogP contribution in [0.5, 0.6) is 0 Å². The van der Waals surface area contributed by atoms with Gasteiger partial charge < -0.3 is 14.6 Å². The molecule has 1 N–H and O–H groups in total. The zero-order valence-corrected chi connectivity index (χ0v) is 21.0. The van der Waals surface area contributed by atoms with E-state index in [1.807, 2.05) is 12.2 Å². The number of aliphatic hydroxyl groups is 1. The lowest BCUT2D eigenvalue weighted by Gasteiger charge is -2.38. The van der Waals surface area contributed by atoms with Crippen LogP contribution in [-0.4, -0.2) is 86.2 Å². The van der Waals surface area contributed by atoms with Crippen molar-refractivity contribution < 1.29 is 14.6 Å². The summed E-state index contributed by atoms with van der Waals surface area (Å²) in [6.45, 7) is 16.8. The number of aliphatic hydroxyl groups excluding tert-OH is 1. The minimum absolute atomic E-state index is 0.00132. The van der Waals surface area contributed by atoms with Crippen molar-refractivity contribution in [1.82, 2.24) is 9.80 Å². The second-order valence-electron chi connectivity index (χ2n) is 9.19. The fourth-order valence-electron chi connectivity index (χ4n) is 4.39. The first kappa shape index (κ1) is 29.3. The van der Waals surface area contributed by atoms with E-state index in [1.165, 1.54) is 64.2 Å². The zero-order valence-electron chi connectivity index (χ0n) is 21.0. The van der Waals surface area contributed by atoms with Crippen LogP contribution in [0.25, 0.3) is 0 Å². The first-order valence-electron chi connectivity index (χ1n) is 13.2. The Morgan fingerprint density at radius 1 is 0.906 bits per heavy atom. The summed E-state index contributed by atoms with van der Waals surface area (Å²) in [5, 5.41) is 10.9. The van der Waals surface area contributed by atoms with Gasteiger partial charge in [0.2, 0.25) is 0 Å². The monoisotopic (exact) mass is 452 g/mol. The number of nitrogens with zero attached hydrogens (tertiary/aromatic N) is 2. The third-order valence-electron chi connectivity index (χ3n) is 6.37. The summed E-state index contributed by atoms with van der Waals surface area (Å²) in [5.74, 6) is 0. The SMILES string of the molecule is C=CCN(CC=C)[C@H](CN1CCOCC1)[C@@H](O)COCCCCCCCCCCCCC. The molecule has 1 fully saturated rings. The molecule has 1 rings (SSSR count). The summed E-state index contributed by atoms with van der Waals surface area (Å²) >= 11 is 0. The third kappa shape index (κ3) is 14.4. The average molecular weight is 453 g/mol. The minimum Gasteiger partial charge on any atom is -0.389 e. The van der Waals surface area contributed by atoms with Gasteiger partial charge in [-0.2, -0.15) is 0 Å². The van der Waals surface area contributed by atoms with Gasteiger partial charge in [0.25, 0.3) is 0 Å². The van der Waals surface area contributed by atoms with Crippen LogP contribution in [-0.2, 0) is 9.47 Å². The Morgan fingerprint density at radius 2 is 1.44 bits per heavy atom. The predicted molar refractivity (Wildman–Crippen MR) is 136 cm³/mol. The Kier molecular flexibility index (Phi) is 19.1. The van der Waals surface area contributed by atoms with Crippen molar-refractivity contribution in [3.8, 4) is 0 Å². The largest absolute Gasteiger partial charge is 0.389 e. The summed E-state index contributed by atoms with van der Waals surface area (Å²) in [6, 6.07) is 0.00132. The third-order valence-corrected chi connectivity index (χ3v) is 6.37. The smallest absolute Gasteiger partial charge is 0.0941 e. The number of morpholine rings is 1. The molecular weight excluding hydrogens is 400 g/mol. The fraction of sp³-hybridized carbons (Fsp3) is 0.852. The lowest BCUT2D eigenvalue weighted by Crippen LogP contribution is -2.53. The molecule has 188 valence electrons. The van der Waals surface area contributed by atoms with E-state index in [2.05, 4.69) is 29.9 Å². The molecule has 0 unspecified atom stereocenters. The van der Waals surface area contributed by atoms with Gasteiger partial charge in [-0.1, -0.05) is 83.3 Å². The molecule has 1 saturated heterocycles. The van der Waals surface area contributed by atoms with Crippen LogP contribution in [0.15, 0.2) is 25.3 Å². The maximum absolute atomic E-state index is 10.9. The van der Waals surface area contributed by atoms with Crippen molar-refractivity contribution >= 4 is 0 Å². The summed E-state index contributed by atoms with van der Waals surface area (Å²) in [6.07, 6.45) is 17.9. The molecule has 2 atom stereocenters. The molecule has 0 aromatic rings. The van der Waals surface area contributed by atoms with E-state index in [0.717, 1.165) is 59.0 Å². The molecule has 5 heteroatoms. The van der Waals surface area contributed by atoms with Crippen molar-refractivity contribution in [2.45, 2.75) is 89.7 Å². The highest BCUT2D eigenvalue weighted by molar-refractivity contribution is 4.90. The Balaban J connectivity index is 2.21. The van der Waals surface area contributed by atoms with E-state index >= 15 is 0 Å². The summed E-state index contributed by atoms with van der Waals surface area (Å²) in [4.78, 5) is 4.62. The van der Waals surface area contributed by atoms with Crippen LogP contribution in [0, 0.1) is 0 Å². The van der Waals surface area contributed by atoms with Gasteiger partial charge in [0.15, 0.2) is 0 Å². The molecule has 1 aliphatic heterocycles. The highest BCUT2D eigenvalue weighted by Crippen LogP contribution is 2.13. The van der Waals surface area contributed by atoms with Crippen LogP contribution in [0.3, 0.4) is 0 Å². The summed E-state index contributed by atoms with van der Waals surface area (Å²) < 4.78 is 11.4. The highest BCUT2D eigenvalue weighted by Gasteiger charge is 2.28. The lowest BCUT2D eigenvalue weighted by atomic mass is 10.1. The van der Waals surface area contributed by atoms with E-state index in [0.29, 0.717) is 6.61 Å². The normalized spacial score (nSPS) is 16.8. The van der Waals surface area contributed by atoms with Crippen LogP contribution in [0.2, 0.25) is 0 Å². The second kappa shape index (κ2) is 20.9. The standard InChI is InChI=1S/C27H52N2O3/c1-4-7-8-9-10-11-12-13-14-15-16-21-32-25-27(30)26(29(17-5-2)18-6-3)24-28-19-22-31-23-20-28/h5-6,26-27,30H,2-4,7-25H2,1H3/t26-,27+/m1/s1. The maximum Gasteiger partial charge on any atom is 0.0941 e. The van der Waals surface area contributed by atoms with Crippen molar-refractivity contribution in [2.75, 3.05) is 59.2 Å². The van der Waals surface area contributed by atoms with Crippen LogP contribution < -0.4 is 0 Å². The molecule has 0 saturated carbocycles. The van der Waals surface area contributed by atoms with Crippen LogP contribution >= 0.6 is 0 Å². The van der Waals surface area contributed by atoms with Gasteiger partial charge in [0.05, 0.1) is 32.0 Å². The first-order chi connectivity index (χ1) is 15.7. The number of unbranched alkanes of at least 4 members (excludes halogenated alkanes) is 10. The first-order valence-corrected chi connectivity index (χ1v) is 13.2. The van der Waals surface area contributed by atoms with Gasteiger partial charge in [-0.15, -0.1) is 13.2 Å². The molecule has 0 radical (unpaired) electrons. The predicted octanol–water partition coefficient (Wildman–Crippen LogP) is 5.05. The van der Waals surface area contributed by atoms with E-state index in [4.69, 9.17) is 9.47 Å². The fourth-order valence-corrected chi connectivity index (χ4v) is 4.39. The summed E-state index contributed by atoms with van der Waals surface area (Å²) in [7, 11) is 0. The van der Waals surface area contributed by atoms with Gasteiger partial charge in [-0.3, -0.25) is 9.80 Å². The average Bonchev–Trinajstić information content (AvgIpc) is 2.81. The molecule has 0 amide bonds. The molecule has 32 heavy (non-hydrogen) atoms. The number of hydrogen-bond acceptors (Lipinski definition) is 5. The lowest BCUT2D eigenvalue weighted by molar-refractivity contribution is -0.0364. The Labute approximate surface area is 198 Å².